The zero-order valence-corrected chi connectivity index (χ0v) is 4.71. The van der Waals surface area contributed by atoms with Gasteiger partial charge >= 0.3 is 0 Å². The molecule has 0 aromatic carbocycles. The highest BCUT2D eigenvalue weighted by Gasteiger charge is 2.12. The highest BCUT2D eigenvalue weighted by atomic mass is 16.2. The van der Waals surface area contributed by atoms with Crippen LogP contribution in [0, 0.1) is 10.8 Å². The van der Waals surface area contributed by atoms with Crippen LogP contribution in [0.25, 0.3) is 0 Å². The summed E-state index contributed by atoms with van der Waals surface area (Å²) in [6.07, 6.45) is 7.03. The molecule has 0 unspecified atom stereocenters. The summed E-state index contributed by atoms with van der Waals surface area (Å²) in [5.41, 5.74) is 0. The fraction of sp³-hybridized carbons (Fsp3) is 0.667. The molecule has 0 N–H and O–H groups in total. The first-order chi connectivity index (χ1) is 3.93. The maximum Gasteiger partial charge on any atom is 0.0677 e. The fourth-order valence-corrected chi connectivity index (χ4v) is 0.789. The van der Waals surface area contributed by atoms with Gasteiger partial charge in [0.15, 0.2) is 0 Å². The minimum absolute atomic E-state index is 0.660. The third-order valence-corrected chi connectivity index (χ3v) is 1.57. The van der Waals surface area contributed by atoms with Gasteiger partial charge in [0.1, 0.15) is 0 Å². The lowest BCUT2D eigenvalue weighted by atomic mass is 9.86. The van der Waals surface area contributed by atoms with Crippen molar-refractivity contribution in [3.8, 4) is 0 Å². The van der Waals surface area contributed by atoms with E-state index in [1.54, 1.807) is 0 Å². The molecule has 0 aromatic rings. The number of rotatable bonds is 2. The highest BCUT2D eigenvalue weighted by molar-refractivity contribution is 4.90. The van der Waals surface area contributed by atoms with Crippen LogP contribution in [0.4, 0.5) is 0 Å². The van der Waals surface area contributed by atoms with Crippen molar-refractivity contribution in [1.82, 2.24) is 0 Å². The van der Waals surface area contributed by atoms with E-state index in [9.17, 15) is 4.91 Å². The molecule has 0 aromatic heterocycles. The minimum atomic E-state index is 0.660. The summed E-state index contributed by atoms with van der Waals surface area (Å²) in [5.74, 6) is 0.660. The number of hydrogen-bond donors (Lipinski definition) is 0. The summed E-state index contributed by atoms with van der Waals surface area (Å²) < 4.78 is 0. The van der Waals surface area contributed by atoms with Gasteiger partial charge in [-0.1, -0.05) is 12.5 Å². The molecule has 0 spiro atoms. The van der Waals surface area contributed by atoms with Gasteiger partial charge in [-0.05, 0) is 23.9 Å². The molecule has 0 aliphatic heterocycles. The Morgan fingerprint density at radius 3 is 2.62 bits per heavy atom. The van der Waals surface area contributed by atoms with E-state index in [0.717, 1.165) is 0 Å². The number of allylic oxidation sites excluding steroid dienone is 1. The number of nitroso groups, excluding NO2 is 1. The minimum Gasteiger partial charge on any atom is -0.145 e. The first kappa shape index (κ1) is 5.48. The van der Waals surface area contributed by atoms with Crippen LogP contribution in [-0.2, 0) is 0 Å². The normalized spacial score (nSPS) is 21.0. The van der Waals surface area contributed by atoms with Crippen molar-refractivity contribution in [2.75, 3.05) is 0 Å². The summed E-state index contributed by atoms with van der Waals surface area (Å²) in [7, 11) is 0. The topological polar surface area (TPSA) is 29.4 Å². The zero-order valence-electron chi connectivity index (χ0n) is 4.71. The molecule has 44 valence electrons. The van der Waals surface area contributed by atoms with Crippen molar-refractivity contribution < 1.29 is 0 Å². The van der Waals surface area contributed by atoms with Crippen LogP contribution in [0.1, 0.15) is 19.3 Å². The Balaban J connectivity index is 2.16. The Bertz CT molecular complexity index is 105. The summed E-state index contributed by atoms with van der Waals surface area (Å²) >= 11 is 0. The van der Waals surface area contributed by atoms with E-state index in [0.29, 0.717) is 5.92 Å². The molecule has 1 fully saturated rings. The second-order valence-corrected chi connectivity index (χ2v) is 2.14. The van der Waals surface area contributed by atoms with Crippen LogP contribution in [0.2, 0.25) is 0 Å². The molecular formula is C6H9NO. The van der Waals surface area contributed by atoms with Crippen LogP contribution in [-0.4, -0.2) is 0 Å². The van der Waals surface area contributed by atoms with Crippen molar-refractivity contribution in [2.24, 2.45) is 11.1 Å². The number of hydrogen-bond acceptors (Lipinski definition) is 2. The van der Waals surface area contributed by atoms with Crippen molar-refractivity contribution in [1.29, 1.82) is 0 Å². The molecule has 1 aliphatic carbocycles. The van der Waals surface area contributed by atoms with E-state index >= 15 is 0 Å². The van der Waals surface area contributed by atoms with Gasteiger partial charge < -0.3 is 0 Å². The Kier molecular flexibility index (Phi) is 1.78. The molecule has 1 aliphatic rings. The quantitative estimate of drug-likeness (QED) is 0.501. The van der Waals surface area contributed by atoms with Gasteiger partial charge in [-0.25, -0.2) is 0 Å². The highest BCUT2D eigenvalue weighted by Crippen LogP contribution is 2.27. The van der Waals surface area contributed by atoms with Crippen LogP contribution in [0.3, 0.4) is 0 Å². The Hall–Kier alpha value is -0.660. The molecule has 2 nitrogen and oxygen atoms in total. The van der Waals surface area contributed by atoms with Crippen LogP contribution < -0.4 is 0 Å². The van der Waals surface area contributed by atoms with Crippen LogP contribution >= 0.6 is 0 Å². The van der Waals surface area contributed by atoms with Crippen molar-refractivity contribution in [3.63, 3.8) is 0 Å². The van der Waals surface area contributed by atoms with Gasteiger partial charge in [0.05, 0.1) is 6.20 Å². The van der Waals surface area contributed by atoms with Gasteiger partial charge in [-0.15, -0.1) is 4.91 Å². The van der Waals surface area contributed by atoms with E-state index in [1.165, 1.54) is 25.5 Å². The Labute approximate surface area is 48.6 Å². The maximum absolute atomic E-state index is 9.51. The predicted octanol–water partition coefficient (Wildman–Crippen LogP) is 2.07. The van der Waals surface area contributed by atoms with Crippen molar-refractivity contribution >= 4 is 0 Å². The summed E-state index contributed by atoms with van der Waals surface area (Å²) in [6, 6.07) is 0. The molecule has 0 atom stereocenters. The van der Waals surface area contributed by atoms with E-state index in [2.05, 4.69) is 5.18 Å². The Morgan fingerprint density at radius 1 is 1.50 bits per heavy atom. The zero-order chi connectivity index (χ0) is 5.82. The molecule has 0 radical (unpaired) electrons. The molecule has 0 heterocycles. The van der Waals surface area contributed by atoms with E-state index in [4.69, 9.17) is 0 Å². The number of nitrogens with zero attached hydrogens (tertiary/aromatic N) is 1. The van der Waals surface area contributed by atoms with Crippen LogP contribution in [0.5, 0.6) is 0 Å². The van der Waals surface area contributed by atoms with E-state index in [-0.39, 0.29) is 0 Å². The Morgan fingerprint density at radius 2 is 2.25 bits per heavy atom. The largest absolute Gasteiger partial charge is 0.145 e. The second-order valence-electron chi connectivity index (χ2n) is 2.14. The lowest BCUT2D eigenvalue weighted by molar-refractivity contribution is 0.387. The van der Waals surface area contributed by atoms with Crippen LogP contribution in [0.15, 0.2) is 17.5 Å². The lowest BCUT2D eigenvalue weighted by Gasteiger charge is -2.20. The SMILES string of the molecule is O=N/C=C/C1CCC1. The average Bonchev–Trinajstić information content (AvgIpc) is 1.63. The molecule has 0 bridgehead atoms. The molecule has 2 heteroatoms. The van der Waals surface area contributed by atoms with Gasteiger partial charge in [-0.2, -0.15) is 0 Å². The van der Waals surface area contributed by atoms with Gasteiger partial charge in [0.2, 0.25) is 0 Å². The third kappa shape index (κ3) is 1.15. The average molecular weight is 111 g/mol. The predicted molar refractivity (Wildman–Crippen MR) is 32.3 cm³/mol. The first-order valence-electron chi connectivity index (χ1n) is 2.92. The summed E-state index contributed by atoms with van der Waals surface area (Å²) in [6.45, 7) is 0. The maximum atomic E-state index is 9.51. The molecular weight excluding hydrogens is 102 g/mol. The van der Waals surface area contributed by atoms with Crippen molar-refractivity contribution in [2.45, 2.75) is 19.3 Å². The smallest absolute Gasteiger partial charge is 0.0677 e. The van der Waals surface area contributed by atoms with Crippen molar-refractivity contribution in [3.05, 3.63) is 17.2 Å². The lowest BCUT2D eigenvalue weighted by Crippen LogP contribution is -2.06. The standard InChI is InChI=1S/C6H9NO/c8-7-5-4-6-2-1-3-6/h4-6H,1-3H2/b5-4+. The molecule has 1 rings (SSSR count). The van der Waals surface area contributed by atoms with E-state index in [1.807, 2.05) is 6.08 Å². The second kappa shape index (κ2) is 2.60. The van der Waals surface area contributed by atoms with Gasteiger partial charge in [0.25, 0.3) is 0 Å². The molecule has 8 heavy (non-hydrogen) atoms. The molecule has 0 saturated heterocycles. The first-order valence-corrected chi connectivity index (χ1v) is 2.92. The molecule has 0 amide bonds. The fourth-order valence-electron chi connectivity index (χ4n) is 0.789. The molecule has 1 saturated carbocycles. The van der Waals surface area contributed by atoms with Gasteiger partial charge in [-0.3, -0.25) is 0 Å². The van der Waals surface area contributed by atoms with E-state index < -0.39 is 0 Å². The summed E-state index contributed by atoms with van der Waals surface area (Å²) in [5, 5.41) is 2.63. The monoisotopic (exact) mass is 111 g/mol. The van der Waals surface area contributed by atoms with Gasteiger partial charge in [0, 0.05) is 0 Å². The summed E-state index contributed by atoms with van der Waals surface area (Å²) in [4.78, 5) is 9.51. The third-order valence-electron chi connectivity index (χ3n) is 1.57.